The lowest BCUT2D eigenvalue weighted by Crippen LogP contribution is -2.16. The maximum absolute atomic E-state index is 11.2. The minimum Gasteiger partial charge on any atom is -0.476 e. The van der Waals surface area contributed by atoms with Crippen LogP contribution in [-0.2, 0) is 4.79 Å². The van der Waals surface area contributed by atoms with Gasteiger partial charge in [-0.3, -0.25) is 5.43 Å². The molecule has 0 radical (unpaired) electrons. The average molecular weight is 355 g/mol. The Labute approximate surface area is 128 Å². The van der Waals surface area contributed by atoms with Crippen LogP contribution in [0.1, 0.15) is 5.56 Å². The van der Waals surface area contributed by atoms with Gasteiger partial charge in [-0.15, -0.1) is 0 Å². The molecule has 0 spiro atoms. The molecule has 0 aliphatic rings. The topological polar surface area (TPSA) is 74.6 Å². The molecule has 0 aliphatic heterocycles. The van der Waals surface area contributed by atoms with Crippen LogP contribution in [-0.4, -0.2) is 21.8 Å². The fraction of sp³-hybridized carbons (Fsp3) is 0. The molecule has 0 aliphatic carbocycles. The summed E-state index contributed by atoms with van der Waals surface area (Å²) in [5.41, 5.74) is 2.87. The number of nitrogens with one attached hydrogen (secondary N) is 1. The summed E-state index contributed by atoms with van der Waals surface area (Å²) in [6.45, 7) is 0. The average Bonchev–Trinajstić information content (AvgIpc) is 2.41. The van der Waals surface area contributed by atoms with Crippen LogP contribution in [0.4, 0.5) is 5.82 Å². The number of aliphatic carboxylic acids is 1. The molecule has 102 valence electrons. The van der Waals surface area contributed by atoms with Gasteiger partial charge in [-0.2, -0.15) is 5.10 Å². The smallest absolute Gasteiger partial charge is 0.356 e. The lowest BCUT2D eigenvalue weighted by atomic mass is 10.1. The van der Waals surface area contributed by atoms with E-state index in [9.17, 15) is 9.90 Å². The van der Waals surface area contributed by atoms with Gasteiger partial charge in [0.05, 0.1) is 0 Å². The fourth-order valence-corrected chi connectivity index (χ4v) is 1.85. The van der Waals surface area contributed by atoms with Gasteiger partial charge in [0.25, 0.3) is 0 Å². The van der Waals surface area contributed by atoms with Crippen molar-refractivity contribution in [1.29, 1.82) is 0 Å². The van der Waals surface area contributed by atoms with Gasteiger partial charge in [0.2, 0.25) is 0 Å². The van der Waals surface area contributed by atoms with Gasteiger partial charge in [-0.25, -0.2) is 9.78 Å². The SMILES string of the molecule is O=C(O)/C(=N\Nc1ccc(Br)cn1)c1cccc(Cl)c1. The van der Waals surface area contributed by atoms with E-state index < -0.39 is 5.97 Å². The molecule has 0 saturated carbocycles. The molecule has 2 aromatic rings. The maximum Gasteiger partial charge on any atom is 0.356 e. The molecular weight excluding hydrogens is 346 g/mol. The number of nitrogens with zero attached hydrogens (tertiary/aromatic N) is 2. The number of carboxylic acid groups (broad SMARTS) is 1. The van der Waals surface area contributed by atoms with Crippen molar-refractivity contribution in [3.8, 4) is 0 Å². The Morgan fingerprint density at radius 1 is 1.35 bits per heavy atom. The second-order valence-electron chi connectivity index (χ2n) is 3.75. The monoisotopic (exact) mass is 353 g/mol. The first-order chi connectivity index (χ1) is 9.56. The molecular formula is C13H9BrClN3O2. The van der Waals surface area contributed by atoms with Crippen LogP contribution in [0.5, 0.6) is 0 Å². The third-order valence-electron chi connectivity index (χ3n) is 2.31. The molecule has 1 aromatic heterocycles. The quantitative estimate of drug-likeness (QED) is 0.652. The molecule has 20 heavy (non-hydrogen) atoms. The summed E-state index contributed by atoms with van der Waals surface area (Å²) in [6.07, 6.45) is 1.58. The van der Waals surface area contributed by atoms with Crippen molar-refractivity contribution in [3.63, 3.8) is 0 Å². The summed E-state index contributed by atoms with van der Waals surface area (Å²) in [5, 5.41) is 13.5. The maximum atomic E-state index is 11.2. The van der Waals surface area contributed by atoms with Crippen LogP contribution in [0.25, 0.3) is 0 Å². The number of carboxylic acids is 1. The van der Waals surface area contributed by atoms with E-state index in [0.29, 0.717) is 16.4 Å². The number of aromatic nitrogens is 1. The number of rotatable bonds is 4. The molecule has 0 unspecified atom stereocenters. The number of hydrogen-bond acceptors (Lipinski definition) is 4. The van der Waals surface area contributed by atoms with Gasteiger partial charge in [-0.1, -0.05) is 23.7 Å². The van der Waals surface area contributed by atoms with E-state index in [1.807, 2.05) is 0 Å². The Hall–Kier alpha value is -1.92. The third kappa shape index (κ3) is 3.79. The van der Waals surface area contributed by atoms with Crippen molar-refractivity contribution in [2.75, 3.05) is 5.43 Å². The minimum absolute atomic E-state index is 0.141. The fourth-order valence-electron chi connectivity index (χ4n) is 1.43. The van der Waals surface area contributed by atoms with Crippen LogP contribution < -0.4 is 5.43 Å². The molecule has 2 N–H and O–H groups in total. The first-order valence-electron chi connectivity index (χ1n) is 5.51. The second kappa shape index (κ2) is 6.49. The van der Waals surface area contributed by atoms with Crippen LogP contribution >= 0.6 is 27.5 Å². The first-order valence-corrected chi connectivity index (χ1v) is 6.68. The Bertz CT molecular complexity index is 659. The van der Waals surface area contributed by atoms with Gasteiger partial charge in [0.15, 0.2) is 5.71 Å². The van der Waals surface area contributed by atoms with E-state index in [4.69, 9.17) is 11.6 Å². The molecule has 1 heterocycles. The number of benzene rings is 1. The van der Waals surface area contributed by atoms with E-state index in [1.165, 1.54) is 6.07 Å². The lowest BCUT2D eigenvalue weighted by molar-refractivity contribution is -0.129. The Balaban J connectivity index is 2.27. The standard InChI is InChI=1S/C13H9BrClN3O2/c14-9-4-5-11(16-7-9)17-18-12(13(19)20)8-2-1-3-10(15)6-8/h1-7H,(H,16,17)(H,19,20)/b18-12-. The highest BCUT2D eigenvalue weighted by Crippen LogP contribution is 2.13. The molecule has 0 atom stereocenters. The van der Waals surface area contributed by atoms with Gasteiger partial charge < -0.3 is 5.11 Å². The Kier molecular flexibility index (Phi) is 4.70. The highest BCUT2D eigenvalue weighted by Gasteiger charge is 2.13. The number of hydrogen-bond donors (Lipinski definition) is 2. The van der Waals surface area contributed by atoms with Crippen molar-refractivity contribution in [2.45, 2.75) is 0 Å². The summed E-state index contributed by atoms with van der Waals surface area (Å²) >= 11 is 9.10. The zero-order valence-electron chi connectivity index (χ0n) is 10.0. The van der Waals surface area contributed by atoms with E-state index in [1.54, 1.807) is 36.5 Å². The minimum atomic E-state index is -1.16. The third-order valence-corrected chi connectivity index (χ3v) is 3.01. The van der Waals surface area contributed by atoms with Crippen molar-refractivity contribution in [2.24, 2.45) is 5.10 Å². The van der Waals surface area contributed by atoms with E-state index in [2.05, 4.69) is 31.4 Å². The number of carbonyl (C=O) groups is 1. The van der Waals surface area contributed by atoms with Crippen LogP contribution in [0.3, 0.4) is 0 Å². The van der Waals surface area contributed by atoms with E-state index >= 15 is 0 Å². The summed E-state index contributed by atoms with van der Waals surface area (Å²) < 4.78 is 0.820. The zero-order valence-corrected chi connectivity index (χ0v) is 12.4. The highest BCUT2D eigenvalue weighted by atomic mass is 79.9. The second-order valence-corrected chi connectivity index (χ2v) is 5.10. The van der Waals surface area contributed by atoms with Gasteiger partial charge in [0, 0.05) is 21.3 Å². The molecule has 0 amide bonds. The largest absolute Gasteiger partial charge is 0.476 e. The summed E-state index contributed by atoms with van der Waals surface area (Å²) in [4.78, 5) is 15.3. The van der Waals surface area contributed by atoms with E-state index in [-0.39, 0.29) is 5.71 Å². The molecule has 7 heteroatoms. The predicted molar refractivity (Wildman–Crippen MR) is 81.2 cm³/mol. The van der Waals surface area contributed by atoms with Crippen LogP contribution in [0.15, 0.2) is 52.2 Å². The number of hydrazone groups is 1. The van der Waals surface area contributed by atoms with Crippen LogP contribution in [0.2, 0.25) is 5.02 Å². The molecule has 1 aromatic carbocycles. The predicted octanol–water partition coefficient (Wildman–Crippen LogP) is 3.40. The zero-order chi connectivity index (χ0) is 14.5. The van der Waals surface area contributed by atoms with Crippen LogP contribution in [0, 0.1) is 0 Å². The summed E-state index contributed by atoms with van der Waals surface area (Å²) in [5.74, 6) is -0.717. The van der Waals surface area contributed by atoms with Gasteiger partial charge in [0.1, 0.15) is 5.82 Å². The number of halogens is 2. The Morgan fingerprint density at radius 3 is 2.75 bits per heavy atom. The van der Waals surface area contributed by atoms with Crippen molar-refractivity contribution in [3.05, 3.63) is 57.7 Å². The van der Waals surface area contributed by atoms with Crippen molar-refractivity contribution in [1.82, 2.24) is 4.98 Å². The summed E-state index contributed by atoms with van der Waals surface area (Å²) in [6, 6.07) is 9.92. The molecule has 0 fully saturated rings. The summed E-state index contributed by atoms with van der Waals surface area (Å²) in [7, 11) is 0. The Morgan fingerprint density at radius 2 is 2.15 bits per heavy atom. The number of pyridine rings is 1. The van der Waals surface area contributed by atoms with Gasteiger partial charge >= 0.3 is 5.97 Å². The molecule has 5 nitrogen and oxygen atoms in total. The normalized spacial score (nSPS) is 11.2. The molecule has 0 saturated heterocycles. The number of anilines is 1. The van der Waals surface area contributed by atoms with E-state index in [0.717, 1.165) is 4.47 Å². The molecule has 0 bridgehead atoms. The first kappa shape index (κ1) is 14.5. The van der Waals surface area contributed by atoms with Crippen molar-refractivity contribution < 1.29 is 9.90 Å². The van der Waals surface area contributed by atoms with Gasteiger partial charge in [-0.05, 0) is 40.2 Å². The molecule has 2 rings (SSSR count). The highest BCUT2D eigenvalue weighted by molar-refractivity contribution is 9.10. The van der Waals surface area contributed by atoms with Crippen molar-refractivity contribution >= 4 is 45.0 Å². The lowest BCUT2D eigenvalue weighted by Gasteiger charge is -2.04.